The van der Waals surface area contributed by atoms with Crippen LogP contribution in [0.3, 0.4) is 0 Å². The molecule has 0 heterocycles. The predicted molar refractivity (Wildman–Crippen MR) is 246 cm³/mol. The van der Waals surface area contributed by atoms with Crippen LogP contribution in [-0.4, -0.2) is 0 Å². The SMILES string of the molecule is CC1(C)c2ccccc2-c2ccc(N(c3ccc(-c4ccccc4)cc3)c3ccccc3-c3ccc4c(c3)-c3ccccc3C43c4ccccc4-c4ccccc43)cc21. The Labute approximate surface area is 346 Å². The lowest BCUT2D eigenvalue weighted by atomic mass is 9.70. The lowest BCUT2D eigenvalue weighted by molar-refractivity contribution is 0.660. The van der Waals surface area contributed by atoms with E-state index in [0.29, 0.717) is 0 Å². The van der Waals surface area contributed by atoms with Gasteiger partial charge in [-0.25, -0.2) is 0 Å². The highest BCUT2D eigenvalue weighted by Crippen LogP contribution is 2.63. The number of fused-ring (bicyclic) bond motifs is 13. The Kier molecular flexibility index (Phi) is 7.26. The number of hydrogen-bond donors (Lipinski definition) is 0. The molecule has 1 heteroatoms. The van der Waals surface area contributed by atoms with Crippen molar-refractivity contribution in [2.75, 3.05) is 4.90 Å². The van der Waals surface area contributed by atoms with Crippen molar-refractivity contribution in [3.63, 3.8) is 0 Å². The van der Waals surface area contributed by atoms with E-state index in [-0.39, 0.29) is 10.8 Å². The molecule has 12 rings (SSSR count). The molecule has 0 aliphatic heterocycles. The minimum atomic E-state index is -0.363. The highest BCUT2D eigenvalue weighted by atomic mass is 15.1. The quantitative estimate of drug-likeness (QED) is 0.169. The van der Waals surface area contributed by atoms with E-state index in [1.165, 1.54) is 89.0 Å². The van der Waals surface area contributed by atoms with E-state index < -0.39 is 0 Å². The predicted octanol–water partition coefficient (Wildman–Crippen LogP) is 15.1. The molecule has 1 spiro atoms. The molecule has 9 aromatic carbocycles. The fourth-order valence-corrected chi connectivity index (χ4v) is 10.9. The van der Waals surface area contributed by atoms with E-state index in [0.717, 1.165) is 17.1 Å². The first kappa shape index (κ1) is 33.9. The number of nitrogens with zero attached hydrogens (tertiary/aromatic N) is 1. The summed E-state index contributed by atoms with van der Waals surface area (Å²) in [5.74, 6) is 0. The van der Waals surface area contributed by atoms with E-state index in [1.807, 2.05) is 0 Å². The fourth-order valence-electron chi connectivity index (χ4n) is 10.9. The number of benzene rings is 9. The van der Waals surface area contributed by atoms with Crippen molar-refractivity contribution in [2.45, 2.75) is 24.7 Å². The molecule has 0 aromatic heterocycles. The third-order valence-corrected chi connectivity index (χ3v) is 13.5. The molecule has 3 aliphatic carbocycles. The average molecular weight is 752 g/mol. The van der Waals surface area contributed by atoms with Gasteiger partial charge < -0.3 is 4.90 Å². The van der Waals surface area contributed by atoms with Crippen molar-refractivity contribution < 1.29 is 0 Å². The number of para-hydroxylation sites is 1. The van der Waals surface area contributed by atoms with Crippen molar-refractivity contribution in [3.05, 3.63) is 246 Å². The molecule has 0 saturated heterocycles. The highest BCUT2D eigenvalue weighted by Gasteiger charge is 2.51. The van der Waals surface area contributed by atoms with Crippen LogP contribution < -0.4 is 4.90 Å². The number of rotatable bonds is 5. The molecule has 0 N–H and O–H groups in total. The summed E-state index contributed by atoms with van der Waals surface area (Å²) >= 11 is 0. The van der Waals surface area contributed by atoms with Crippen LogP contribution in [0.15, 0.2) is 212 Å². The van der Waals surface area contributed by atoms with Crippen molar-refractivity contribution >= 4 is 17.1 Å². The van der Waals surface area contributed by atoms with Gasteiger partial charge in [0.1, 0.15) is 0 Å². The van der Waals surface area contributed by atoms with Crippen molar-refractivity contribution in [1.29, 1.82) is 0 Å². The number of anilines is 3. The maximum absolute atomic E-state index is 2.47. The molecule has 9 aromatic rings. The third-order valence-electron chi connectivity index (χ3n) is 13.5. The molecule has 0 saturated carbocycles. The Morgan fingerprint density at radius 1 is 0.288 bits per heavy atom. The molecule has 0 fully saturated rings. The fraction of sp³-hybridized carbons (Fsp3) is 0.0690. The standard InChI is InChI=1S/C58H41N/c1-57(2)50-23-11-6-19-44(50)48-34-33-42(37-55(48)57)59(41-31-28-39(29-32-41)38-16-4-3-5-17-38)56-27-15-10-18-43(56)40-30-35-54-49(36-40)47-22-9-14-26-53(47)58(54)51-24-12-7-20-45(51)46-21-8-13-25-52(46)58/h3-37H,1-2H3. The van der Waals surface area contributed by atoms with Crippen LogP contribution in [0.25, 0.3) is 55.6 Å². The van der Waals surface area contributed by atoms with Crippen molar-refractivity contribution in [3.8, 4) is 55.6 Å². The van der Waals surface area contributed by atoms with Gasteiger partial charge in [0.05, 0.1) is 11.1 Å². The molecular weight excluding hydrogens is 711 g/mol. The van der Waals surface area contributed by atoms with E-state index >= 15 is 0 Å². The van der Waals surface area contributed by atoms with Gasteiger partial charge in [-0.05, 0) is 120 Å². The van der Waals surface area contributed by atoms with E-state index in [9.17, 15) is 0 Å². The molecule has 59 heavy (non-hydrogen) atoms. The summed E-state index contributed by atoms with van der Waals surface area (Å²) in [6.07, 6.45) is 0. The number of hydrogen-bond acceptors (Lipinski definition) is 1. The first-order valence-corrected chi connectivity index (χ1v) is 20.8. The van der Waals surface area contributed by atoms with E-state index in [2.05, 4.69) is 231 Å². The lowest BCUT2D eigenvalue weighted by Crippen LogP contribution is -2.25. The van der Waals surface area contributed by atoms with Crippen LogP contribution in [-0.2, 0) is 10.8 Å². The maximum Gasteiger partial charge on any atom is 0.0725 e. The second-order valence-corrected chi connectivity index (χ2v) is 16.8. The lowest BCUT2D eigenvalue weighted by Gasteiger charge is -2.31. The summed E-state index contributed by atoms with van der Waals surface area (Å²) in [5, 5.41) is 0. The topological polar surface area (TPSA) is 3.24 Å². The largest absolute Gasteiger partial charge is 0.310 e. The second-order valence-electron chi connectivity index (χ2n) is 16.8. The van der Waals surface area contributed by atoms with E-state index in [4.69, 9.17) is 0 Å². The summed E-state index contributed by atoms with van der Waals surface area (Å²) in [6.45, 7) is 4.73. The van der Waals surface area contributed by atoms with Gasteiger partial charge in [0.2, 0.25) is 0 Å². The van der Waals surface area contributed by atoms with Gasteiger partial charge in [0, 0.05) is 22.4 Å². The van der Waals surface area contributed by atoms with Crippen LogP contribution in [0.5, 0.6) is 0 Å². The van der Waals surface area contributed by atoms with Gasteiger partial charge in [-0.2, -0.15) is 0 Å². The molecule has 0 unspecified atom stereocenters. The van der Waals surface area contributed by atoms with Gasteiger partial charge in [0.25, 0.3) is 0 Å². The zero-order valence-corrected chi connectivity index (χ0v) is 33.2. The molecular formula is C58H41N. The third kappa shape index (κ3) is 4.73. The Hall–Kier alpha value is -7.22. The molecule has 1 nitrogen and oxygen atoms in total. The second kappa shape index (κ2) is 12.6. The van der Waals surface area contributed by atoms with Gasteiger partial charge >= 0.3 is 0 Å². The molecule has 3 aliphatic rings. The zero-order chi connectivity index (χ0) is 39.3. The Morgan fingerprint density at radius 2 is 0.729 bits per heavy atom. The summed E-state index contributed by atoms with van der Waals surface area (Å²) in [5.41, 5.74) is 23.9. The zero-order valence-electron chi connectivity index (χ0n) is 33.2. The molecule has 0 radical (unpaired) electrons. The monoisotopic (exact) mass is 751 g/mol. The minimum absolute atomic E-state index is 0.120. The van der Waals surface area contributed by atoms with Gasteiger partial charge in [-0.15, -0.1) is 0 Å². The van der Waals surface area contributed by atoms with Crippen LogP contribution in [0.1, 0.15) is 47.2 Å². The maximum atomic E-state index is 2.47. The minimum Gasteiger partial charge on any atom is -0.310 e. The normalized spacial score (nSPS) is 14.2. The molecule has 0 bridgehead atoms. The van der Waals surface area contributed by atoms with Crippen LogP contribution in [0.2, 0.25) is 0 Å². The van der Waals surface area contributed by atoms with E-state index in [1.54, 1.807) is 0 Å². The first-order valence-electron chi connectivity index (χ1n) is 20.8. The average Bonchev–Trinajstić information content (AvgIpc) is 3.85. The van der Waals surface area contributed by atoms with Crippen LogP contribution in [0.4, 0.5) is 17.1 Å². The molecule has 0 amide bonds. The highest BCUT2D eigenvalue weighted by molar-refractivity contribution is 5.98. The van der Waals surface area contributed by atoms with Crippen LogP contribution >= 0.6 is 0 Å². The van der Waals surface area contributed by atoms with Gasteiger partial charge in [-0.3, -0.25) is 0 Å². The summed E-state index contributed by atoms with van der Waals surface area (Å²) in [4.78, 5) is 2.47. The van der Waals surface area contributed by atoms with Gasteiger partial charge in [0.15, 0.2) is 0 Å². The van der Waals surface area contributed by atoms with Crippen LogP contribution in [0, 0.1) is 0 Å². The Morgan fingerprint density at radius 3 is 1.37 bits per heavy atom. The smallest absolute Gasteiger partial charge is 0.0725 e. The molecule has 0 atom stereocenters. The van der Waals surface area contributed by atoms with Crippen molar-refractivity contribution in [1.82, 2.24) is 0 Å². The summed E-state index contributed by atoms with van der Waals surface area (Å²) in [6, 6.07) is 79.1. The Balaban J connectivity index is 1.05. The summed E-state index contributed by atoms with van der Waals surface area (Å²) in [7, 11) is 0. The summed E-state index contributed by atoms with van der Waals surface area (Å²) < 4.78 is 0. The Bertz CT molecular complexity index is 3090. The molecule has 278 valence electrons. The first-order chi connectivity index (χ1) is 29.0. The van der Waals surface area contributed by atoms with Gasteiger partial charge in [-0.1, -0.05) is 190 Å². The van der Waals surface area contributed by atoms with Crippen molar-refractivity contribution in [2.24, 2.45) is 0 Å².